The third-order valence-corrected chi connectivity index (χ3v) is 3.68. The lowest BCUT2D eigenvalue weighted by Gasteiger charge is -2.07. The highest BCUT2D eigenvalue weighted by Crippen LogP contribution is 2.30. The van der Waals surface area contributed by atoms with Crippen LogP contribution in [0.15, 0.2) is 47.3 Å². The molecule has 0 atom stereocenters. The van der Waals surface area contributed by atoms with E-state index in [1.165, 1.54) is 11.7 Å². The van der Waals surface area contributed by atoms with Crippen molar-refractivity contribution in [3.05, 3.63) is 64.2 Å². The number of rotatable bonds is 3. The van der Waals surface area contributed by atoms with Crippen LogP contribution in [0.5, 0.6) is 11.5 Å². The van der Waals surface area contributed by atoms with E-state index in [4.69, 9.17) is 4.74 Å². The first-order valence-corrected chi connectivity index (χ1v) is 7.11. The van der Waals surface area contributed by atoms with Crippen LogP contribution in [0.25, 0.3) is 23.1 Å². The zero-order valence-corrected chi connectivity index (χ0v) is 12.9. The average Bonchev–Trinajstić information content (AvgIpc) is 2.58. The van der Waals surface area contributed by atoms with Crippen LogP contribution in [0, 0.1) is 0 Å². The average molecular weight is 308 g/mol. The molecule has 0 amide bonds. The summed E-state index contributed by atoms with van der Waals surface area (Å²) in [6.45, 7) is 0. The van der Waals surface area contributed by atoms with Gasteiger partial charge in [-0.1, -0.05) is 24.3 Å². The zero-order chi connectivity index (χ0) is 16.4. The number of phenolic OH excluding ortho intramolecular Hbond substituents is 1. The molecule has 5 heteroatoms. The van der Waals surface area contributed by atoms with E-state index in [2.05, 4.69) is 4.98 Å². The summed E-state index contributed by atoms with van der Waals surface area (Å²) in [5.74, 6) is 0.959. The number of hydrogen-bond acceptors (Lipinski definition) is 4. The van der Waals surface area contributed by atoms with Gasteiger partial charge in [-0.2, -0.15) is 0 Å². The topological polar surface area (TPSA) is 64.3 Å². The number of nitrogens with zero attached hydrogens (tertiary/aromatic N) is 2. The lowest BCUT2D eigenvalue weighted by Crippen LogP contribution is -2.20. The molecule has 23 heavy (non-hydrogen) atoms. The lowest BCUT2D eigenvalue weighted by molar-refractivity contribution is 0.373. The lowest BCUT2D eigenvalue weighted by atomic mass is 10.1. The summed E-state index contributed by atoms with van der Waals surface area (Å²) >= 11 is 0. The van der Waals surface area contributed by atoms with Crippen molar-refractivity contribution >= 4 is 23.1 Å². The highest BCUT2D eigenvalue weighted by atomic mass is 16.5. The van der Waals surface area contributed by atoms with Crippen molar-refractivity contribution in [1.29, 1.82) is 0 Å². The van der Waals surface area contributed by atoms with Gasteiger partial charge < -0.3 is 9.84 Å². The van der Waals surface area contributed by atoms with Crippen molar-refractivity contribution in [2.45, 2.75) is 0 Å². The second-order valence-electron chi connectivity index (χ2n) is 5.08. The summed E-state index contributed by atoms with van der Waals surface area (Å²) in [4.78, 5) is 16.8. The van der Waals surface area contributed by atoms with Crippen LogP contribution in [-0.4, -0.2) is 21.8 Å². The maximum atomic E-state index is 12.3. The smallest absolute Gasteiger partial charge is 0.261 e. The van der Waals surface area contributed by atoms with Gasteiger partial charge in [0, 0.05) is 12.6 Å². The van der Waals surface area contributed by atoms with Gasteiger partial charge in [0.15, 0.2) is 11.5 Å². The van der Waals surface area contributed by atoms with Gasteiger partial charge in [0.1, 0.15) is 5.82 Å². The first-order chi connectivity index (χ1) is 11.1. The molecule has 5 nitrogen and oxygen atoms in total. The number of fused-ring (bicyclic) bond motifs is 1. The third-order valence-electron chi connectivity index (χ3n) is 3.68. The van der Waals surface area contributed by atoms with Gasteiger partial charge in [0.2, 0.25) is 0 Å². The van der Waals surface area contributed by atoms with Crippen LogP contribution in [0.4, 0.5) is 0 Å². The summed E-state index contributed by atoms with van der Waals surface area (Å²) in [6, 6.07) is 12.4. The summed E-state index contributed by atoms with van der Waals surface area (Å²) in [6.07, 6.45) is 3.40. The van der Waals surface area contributed by atoms with E-state index in [0.29, 0.717) is 28.0 Å². The molecule has 2 aromatic carbocycles. The Morgan fingerprint density at radius 1 is 1.13 bits per heavy atom. The highest BCUT2D eigenvalue weighted by Gasteiger charge is 2.07. The van der Waals surface area contributed by atoms with E-state index in [1.807, 2.05) is 12.1 Å². The molecule has 1 aromatic heterocycles. The standard InChI is InChI=1S/C18H16N2O3/c1-20-16(19-14-8-4-3-7-13(14)18(20)22)11-10-12-6-5-9-15(23-2)17(12)21/h3-11,21H,1-2H3/b11-10+. The molecule has 0 saturated carbocycles. The van der Waals surface area contributed by atoms with Crippen molar-refractivity contribution in [2.24, 2.45) is 7.05 Å². The molecule has 0 fully saturated rings. The van der Waals surface area contributed by atoms with Gasteiger partial charge in [-0.25, -0.2) is 4.98 Å². The molecule has 1 N–H and O–H groups in total. The minimum absolute atomic E-state index is 0.0528. The van der Waals surface area contributed by atoms with Crippen LogP contribution in [0.3, 0.4) is 0 Å². The fraction of sp³-hybridized carbons (Fsp3) is 0.111. The Kier molecular flexibility index (Phi) is 3.85. The van der Waals surface area contributed by atoms with Crippen molar-refractivity contribution in [1.82, 2.24) is 9.55 Å². The number of benzene rings is 2. The SMILES string of the molecule is COc1cccc(/C=C/c2nc3ccccc3c(=O)n2C)c1O. The minimum atomic E-state index is -0.106. The van der Waals surface area contributed by atoms with E-state index in [0.717, 1.165) is 0 Å². The quantitative estimate of drug-likeness (QED) is 0.808. The maximum absolute atomic E-state index is 12.3. The van der Waals surface area contributed by atoms with Gasteiger partial charge in [-0.15, -0.1) is 0 Å². The minimum Gasteiger partial charge on any atom is -0.504 e. The number of phenols is 1. The number of hydrogen-bond donors (Lipinski definition) is 1. The van der Waals surface area contributed by atoms with Crippen LogP contribution >= 0.6 is 0 Å². The van der Waals surface area contributed by atoms with Gasteiger partial charge >= 0.3 is 0 Å². The highest BCUT2D eigenvalue weighted by molar-refractivity contribution is 5.79. The van der Waals surface area contributed by atoms with Gasteiger partial charge in [0.25, 0.3) is 5.56 Å². The first-order valence-electron chi connectivity index (χ1n) is 7.11. The van der Waals surface area contributed by atoms with Crippen molar-refractivity contribution in [2.75, 3.05) is 7.11 Å². The molecular formula is C18H16N2O3. The first kappa shape index (κ1) is 14.8. The number of aromatic nitrogens is 2. The number of aromatic hydroxyl groups is 1. The normalized spacial score (nSPS) is 11.2. The van der Waals surface area contributed by atoms with Crippen LogP contribution in [0.2, 0.25) is 0 Å². The summed E-state index contributed by atoms with van der Waals surface area (Å²) in [5, 5.41) is 10.7. The molecule has 3 rings (SSSR count). The molecule has 3 aromatic rings. The van der Waals surface area contributed by atoms with Gasteiger partial charge in [-0.3, -0.25) is 9.36 Å². The Morgan fingerprint density at radius 3 is 2.70 bits per heavy atom. The zero-order valence-electron chi connectivity index (χ0n) is 12.9. The molecule has 116 valence electrons. The van der Waals surface area contributed by atoms with Crippen LogP contribution in [-0.2, 0) is 7.05 Å². The largest absolute Gasteiger partial charge is 0.504 e. The van der Waals surface area contributed by atoms with E-state index in [1.54, 1.807) is 49.5 Å². The molecule has 0 aliphatic carbocycles. The van der Waals surface area contributed by atoms with Crippen molar-refractivity contribution < 1.29 is 9.84 Å². The Morgan fingerprint density at radius 2 is 1.91 bits per heavy atom. The molecule has 0 radical (unpaired) electrons. The van der Waals surface area contributed by atoms with E-state index in [9.17, 15) is 9.90 Å². The Labute approximate surface area is 133 Å². The number of para-hydroxylation sites is 2. The summed E-state index contributed by atoms with van der Waals surface area (Å²) in [5.41, 5.74) is 1.13. The molecule has 0 saturated heterocycles. The molecular weight excluding hydrogens is 292 g/mol. The summed E-state index contributed by atoms with van der Waals surface area (Å²) in [7, 11) is 3.17. The fourth-order valence-electron chi connectivity index (χ4n) is 2.39. The predicted octanol–water partition coefficient (Wildman–Crippen LogP) is 2.82. The molecule has 0 aliphatic heterocycles. The van der Waals surface area contributed by atoms with Crippen LogP contribution in [0.1, 0.15) is 11.4 Å². The fourth-order valence-corrected chi connectivity index (χ4v) is 2.39. The summed E-state index contributed by atoms with van der Waals surface area (Å²) < 4.78 is 6.57. The Balaban J connectivity index is 2.08. The van der Waals surface area contributed by atoms with Crippen LogP contribution < -0.4 is 10.3 Å². The third kappa shape index (κ3) is 2.68. The molecule has 1 heterocycles. The molecule has 0 unspecified atom stereocenters. The van der Waals surface area contributed by atoms with Crippen molar-refractivity contribution in [3.8, 4) is 11.5 Å². The predicted molar refractivity (Wildman–Crippen MR) is 90.6 cm³/mol. The molecule has 0 aliphatic rings. The second kappa shape index (κ2) is 5.96. The Hall–Kier alpha value is -3.08. The van der Waals surface area contributed by atoms with Gasteiger partial charge in [-0.05, 0) is 30.4 Å². The van der Waals surface area contributed by atoms with Crippen molar-refractivity contribution in [3.63, 3.8) is 0 Å². The van der Waals surface area contributed by atoms with E-state index < -0.39 is 0 Å². The number of ether oxygens (including phenoxy) is 1. The Bertz CT molecular complexity index is 958. The van der Waals surface area contributed by atoms with E-state index >= 15 is 0 Å². The second-order valence-corrected chi connectivity index (χ2v) is 5.08. The van der Waals surface area contributed by atoms with Gasteiger partial charge in [0.05, 0.1) is 18.0 Å². The maximum Gasteiger partial charge on any atom is 0.261 e. The molecule has 0 bridgehead atoms. The molecule has 0 spiro atoms. The number of methoxy groups -OCH3 is 1. The van der Waals surface area contributed by atoms with E-state index in [-0.39, 0.29) is 11.3 Å². The monoisotopic (exact) mass is 308 g/mol.